The van der Waals surface area contributed by atoms with Crippen molar-refractivity contribution in [2.24, 2.45) is 11.5 Å². The van der Waals surface area contributed by atoms with Crippen LogP contribution in [-0.4, -0.2) is 47.0 Å². The van der Waals surface area contributed by atoms with E-state index in [9.17, 15) is 9.18 Å². The minimum Gasteiger partial charge on any atom is -0.448 e. The van der Waals surface area contributed by atoms with Gasteiger partial charge in [-0.25, -0.2) is 9.37 Å². The Morgan fingerprint density at radius 2 is 2.11 bits per heavy atom. The van der Waals surface area contributed by atoms with Crippen LogP contribution >= 0.6 is 0 Å². The van der Waals surface area contributed by atoms with Gasteiger partial charge in [-0.05, 0) is 38.3 Å². The van der Waals surface area contributed by atoms with Gasteiger partial charge in [0.05, 0.1) is 12.5 Å². The summed E-state index contributed by atoms with van der Waals surface area (Å²) in [6, 6.07) is 6.58. The molecule has 1 fully saturated rings. The van der Waals surface area contributed by atoms with Crippen LogP contribution in [0.4, 0.5) is 4.39 Å². The van der Waals surface area contributed by atoms with Crippen LogP contribution in [0.15, 0.2) is 52.8 Å². The second-order valence-electron chi connectivity index (χ2n) is 6.55. The molecule has 1 aliphatic rings. The second kappa shape index (κ2) is 9.82. The standard InChI is InChI=1S/C15H14FN3O2.C5H11NO/c16-13-4-2-1-3-12(13)14(18)6-5-10(17)7-15-19-11(8-20)9-21-15;1-4-5(7)3-6(4)2/h1-6,8-9H,7,17-18H2;4-5,7H,3H2,1-2H3/b10-5-,14-6-;. The largest absolute Gasteiger partial charge is 0.448 e. The fourth-order valence-corrected chi connectivity index (χ4v) is 2.45. The van der Waals surface area contributed by atoms with Gasteiger partial charge in [-0.2, -0.15) is 0 Å². The number of rotatable bonds is 5. The number of aromatic nitrogens is 1. The first kappa shape index (κ1) is 21.3. The number of aldehydes is 1. The zero-order valence-electron chi connectivity index (χ0n) is 15.9. The van der Waals surface area contributed by atoms with E-state index in [4.69, 9.17) is 21.0 Å². The van der Waals surface area contributed by atoms with Crippen LogP contribution < -0.4 is 11.5 Å². The van der Waals surface area contributed by atoms with Gasteiger partial charge in [-0.1, -0.05) is 12.1 Å². The lowest BCUT2D eigenvalue weighted by atomic mass is 10.0. The lowest BCUT2D eigenvalue weighted by molar-refractivity contribution is -0.0352. The van der Waals surface area contributed by atoms with Gasteiger partial charge in [0.1, 0.15) is 17.8 Å². The summed E-state index contributed by atoms with van der Waals surface area (Å²) < 4.78 is 18.6. The number of β-amino-alcohol motifs (C(OH)–C–C–N with tert-alkyl or cyclic N) is 1. The molecule has 28 heavy (non-hydrogen) atoms. The Bertz CT molecular complexity index is 855. The second-order valence-corrected chi connectivity index (χ2v) is 6.55. The van der Waals surface area contributed by atoms with Crippen molar-refractivity contribution in [3.8, 4) is 0 Å². The van der Waals surface area contributed by atoms with Crippen LogP contribution in [0.3, 0.4) is 0 Å². The maximum atomic E-state index is 13.5. The number of carbonyl (C=O) groups excluding carboxylic acids is 1. The van der Waals surface area contributed by atoms with Crippen LogP contribution in [0.2, 0.25) is 0 Å². The van der Waals surface area contributed by atoms with E-state index in [1.807, 2.05) is 14.0 Å². The highest BCUT2D eigenvalue weighted by Crippen LogP contribution is 2.14. The number of oxazole rings is 1. The number of likely N-dealkylation sites (N-methyl/N-ethyl adjacent to an activating group) is 1. The highest BCUT2D eigenvalue weighted by atomic mass is 19.1. The molecular formula is C20H25FN4O3. The number of aliphatic hydroxyl groups is 1. The number of nitrogens with zero attached hydrogens (tertiary/aromatic N) is 2. The Labute approximate surface area is 163 Å². The van der Waals surface area contributed by atoms with Crippen LogP contribution in [0.5, 0.6) is 0 Å². The van der Waals surface area contributed by atoms with Crippen molar-refractivity contribution in [2.75, 3.05) is 13.6 Å². The maximum Gasteiger partial charge on any atom is 0.200 e. The summed E-state index contributed by atoms with van der Waals surface area (Å²) in [6.07, 6.45) is 5.06. The minimum atomic E-state index is -0.401. The third-order valence-electron chi connectivity index (χ3n) is 4.43. The Balaban J connectivity index is 0.000000336. The lowest BCUT2D eigenvalue weighted by Crippen LogP contribution is -2.55. The van der Waals surface area contributed by atoms with Gasteiger partial charge in [0.2, 0.25) is 5.89 Å². The van der Waals surface area contributed by atoms with Gasteiger partial charge in [0.25, 0.3) is 0 Å². The van der Waals surface area contributed by atoms with Crippen LogP contribution in [0.25, 0.3) is 5.70 Å². The van der Waals surface area contributed by atoms with Crippen LogP contribution in [0.1, 0.15) is 28.9 Å². The van der Waals surface area contributed by atoms with Crippen molar-refractivity contribution in [2.45, 2.75) is 25.5 Å². The average Bonchev–Trinajstić information content (AvgIpc) is 3.14. The lowest BCUT2D eigenvalue weighted by Gasteiger charge is -2.40. The van der Waals surface area contributed by atoms with Crippen LogP contribution in [-0.2, 0) is 6.42 Å². The molecule has 0 aliphatic carbocycles. The number of halogens is 1. The van der Waals surface area contributed by atoms with Crippen molar-refractivity contribution in [1.82, 2.24) is 9.88 Å². The summed E-state index contributed by atoms with van der Waals surface area (Å²) in [5.41, 5.74) is 12.8. The molecule has 7 nitrogen and oxygen atoms in total. The molecule has 0 bridgehead atoms. The van der Waals surface area contributed by atoms with Gasteiger partial charge in [-0.3, -0.25) is 9.69 Å². The minimum absolute atomic E-state index is 0.0648. The van der Waals surface area contributed by atoms with Gasteiger partial charge in [0.15, 0.2) is 6.29 Å². The van der Waals surface area contributed by atoms with E-state index in [0.717, 1.165) is 6.54 Å². The molecule has 0 spiro atoms. The Morgan fingerprint density at radius 3 is 2.61 bits per heavy atom. The number of hydrogen-bond acceptors (Lipinski definition) is 7. The molecule has 2 unspecified atom stereocenters. The number of nitrogens with two attached hydrogens (primary N) is 2. The summed E-state index contributed by atoms with van der Waals surface area (Å²) >= 11 is 0. The molecule has 1 saturated heterocycles. The quantitative estimate of drug-likeness (QED) is 0.527. The zero-order chi connectivity index (χ0) is 20.7. The van der Waals surface area contributed by atoms with E-state index in [-0.39, 0.29) is 23.9 Å². The maximum absolute atomic E-state index is 13.5. The molecule has 1 aliphatic heterocycles. The van der Waals surface area contributed by atoms with E-state index < -0.39 is 5.82 Å². The smallest absolute Gasteiger partial charge is 0.200 e. The zero-order valence-corrected chi connectivity index (χ0v) is 15.9. The molecule has 1 aromatic carbocycles. The number of likely N-dealkylation sites (tertiary alicyclic amines) is 1. The fraction of sp³-hybridized carbons (Fsp3) is 0.300. The Hall–Kier alpha value is -2.97. The average molecular weight is 388 g/mol. The van der Waals surface area contributed by atoms with Crippen molar-refractivity contribution in [1.29, 1.82) is 0 Å². The number of allylic oxidation sites excluding steroid dienone is 3. The molecule has 0 amide bonds. The van der Waals surface area contributed by atoms with E-state index in [0.29, 0.717) is 29.5 Å². The first-order valence-corrected chi connectivity index (χ1v) is 8.76. The molecule has 0 radical (unpaired) electrons. The van der Waals surface area contributed by atoms with Gasteiger partial charge in [0, 0.05) is 29.5 Å². The molecule has 2 heterocycles. The molecular weight excluding hydrogens is 363 g/mol. The fourth-order valence-electron chi connectivity index (χ4n) is 2.45. The summed E-state index contributed by atoms with van der Waals surface area (Å²) in [7, 11) is 2.01. The summed E-state index contributed by atoms with van der Waals surface area (Å²) in [5, 5.41) is 8.85. The van der Waals surface area contributed by atoms with Gasteiger partial charge >= 0.3 is 0 Å². The predicted molar refractivity (Wildman–Crippen MR) is 105 cm³/mol. The Morgan fingerprint density at radius 1 is 1.39 bits per heavy atom. The number of aliphatic hydroxyl groups excluding tert-OH is 1. The third kappa shape index (κ3) is 5.77. The highest BCUT2D eigenvalue weighted by molar-refractivity contribution is 5.70. The van der Waals surface area contributed by atoms with Gasteiger partial charge < -0.3 is 21.0 Å². The summed E-state index contributed by atoms with van der Waals surface area (Å²) in [6.45, 7) is 2.87. The van der Waals surface area contributed by atoms with Crippen molar-refractivity contribution in [3.05, 3.63) is 71.3 Å². The van der Waals surface area contributed by atoms with E-state index in [1.165, 1.54) is 18.4 Å². The van der Waals surface area contributed by atoms with Gasteiger partial charge in [-0.15, -0.1) is 0 Å². The molecule has 150 valence electrons. The summed E-state index contributed by atoms with van der Waals surface area (Å²) in [5.74, 6) is -0.0785. The van der Waals surface area contributed by atoms with Crippen molar-refractivity contribution < 1.29 is 18.7 Å². The van der Waals surface area contributed by atoms with E-state index >= 15 is 0 Å². The highest BCUT2D eigenvalue weighted by Gasteiger charge is 2.29. The first-order chi connectivity index (χ1) is 13.3. The molecule has 5 N–H and O–H groups in total. The number of hydrogen-bond donors (Lipinski definition) is 3. The molecule has 2 atom stereocenters. The molecule has 3 rings (SSSR count). The molecule has 0 saturated carbocycles. The topological polar surface area (TPSA) is 119 Å². The van der Waals surface area contributed by atoms with E-state index in [1.54, 1.807) is 24.3 Å². The third-order valence-corrected chi connectivity index (χ3v) is 4.43. The van der Waals surface area contributed by atoms with Crippen molar-refractivity contribution in [3.63, 3.8) is 0 Å². The first-order valence-electron chi connectivity index (χ1n) is 8.76. The molecule has 1 aromatic heterocycles. The van der Waals surface area contributed by atoms with E-state index in [2.05, 4.69) is 9.88 Å². The number of carbonyl (C=O) groups is 1. The van der Waals surface area contributed by atoms with Crippen LogP contribution in [0, 0.1) is 5.82 Å². The SMILES string of the molecule is CC1C(O)CN1C.N/C(=C\C=C(/N)c1ccccc1F)Cc1nc(C=O)co1. The monoisotopic (exact) mass is 388 g/mol. The van der Waals surface area contributed by atoms with Crippen molar-refractivity contribution >= 4 is 12.0 Å². The Kier molecular flexibility index (Phi) is 7.48. The normalized spacial score (nSPS) is 20.1. The number of benzene rings is 1. The predicted octanol–water partition coefficient (Wildman–Crippen LogP) is 1.69. The summed E-state index contributed by atoms with van der Waals surface area (Å²) in [4.78, 5) is 16.5. The molecule has 2 aromatic rings. The molecule has 8 heteroatoms.